The van der Waals surface area contributed by atoms with Gasteiger partial charge in [0.2, 0.25) is 0 Å². The second-order valence-electron chi connectivity index (χ2n) is 8.26. The van der Waals surface area contributed by atoms with Crippen molar-refractivity contribution in [2.45, 2.75) is 97.8 Å². The van der Waals surface area contributed by atoms with E-state index in [-0.39, 0.29) is 24.4 Å². The molecule has 22 heavy (non-hydrogen) atoms. The summed E-state index contributed by atoms with van der Waals surface area (Å²) in [5, 5.41) is 0. The minimum atomic E-state index is -1.77. The lowest BCUT2D eigenvalue weighted by Crippen LogP contribution is -2.41. The number of rotatable bonds is 7. The van der Waals surface area contributed by atoms with E-state index in [9.17, 15) is 0 Å². The molecule has 0 bridgehead atoms. The van der Waals surface area contributed by atoms with Gasteiger partial charge in [0, 0.05) is 6.10 Å². The van der Waals surface area contributed by atoms with Gasteiger partial charge in [-0.2, -0.15) is 0 Å². The van der Waals surface area contributed by atoms with Crippen LogP contribution in [0.3, 0.4) is 0 Å². The summed E-state index contributed by atoms with van der Waals surface area (Å²) in [5.41, 5.74) is 0.694. The number of hydrogen-bond acceptors (Lipinski definition) is 3. The van der Waals surface area contributed by atoms with Crippen molar-refractivity contribution in [2.24, 2.45) is 0 Å². The first-order valence-electron chi connectivity index (χ1n) is 8.62. The van der Waals surface area contributed by atoms with E-state index in [4.69, 9.17) is 13.7 Å². The molecule has 0 spiro atoms. The van der Waals surface area contributed by atoms with Gasteiger partial charge in [-0.25, -0.2) is 0 Å². The molecule has 0 aliphatic carbocycles. The van der Waals surface area contributed by atoms with Gasteiger partial charge in [0.1, 0.15) is 0 Å². The summed E-state index contributed by atoms with van der Waals surface area (Å²) in [4.78, 5) is 0. The molecule has 0 aromatic carbocycles. The van der Waals surface area contributed by atoms with Gasteiger partial charge in [-0.05, 0) is 72.6 Å². The highest BCUT2D eigenvalue weighted by molar-refractivity contribution is 6.74. The summed E-state index contributed by atoms with van der Waals surface area (Å²) < 4.78 is 18.7. The monoisotopic (exact) mass is 326 g/mol. The van der Waals surface area contributed by atoms with Crippen LogP contribution in [-0.2, 0) is 13.7 Å². The third kappa shape index (κ3) is 5.22. The van der Waals surface area contributed by atoms with Crippen molar-refractivity contribution in [3.8, 4) is 0 Å². The molecule has 1 heterocycles. The average molecular weight is 326 g/mol. The third-order valence-corrected chi connectivity index (χ3v) is 6.80. The SMILES string of the molecule is CCC/C=C(/C[Si](C)(C)OC(C)C)B1OC(C)(C)C(C)(C)O1. The molecule has 1 rings (SSSR count). The van der Waals surface area contributed by atoms with Gasteiger partial charge < -0.3 is 13.7 Å². The zero-order chi connectivity index (χ0) is 17.2. The van der Waals surface area contributed by atoms with Gasteiger partial charge in [0.05, 0.1) is 11.2 Å². The van der Waals surface area contributed by atoms with E-state index in [1.54, 1.807) is 0 Å². The highest BCUT2D eigenvalue weighted by Crippen LogP contribution is 2.40. The molecule has 0 unspecified atom stereocenters. The van der Waals surface area contributed by atoms with Crippen LogP contribution in [0.2, 0.25) is 19.1 Å². The lowest BCUT2D eigenvalue weighted by Gasteiger charge is -2.32. The summed E-state index contributed by atoms with van der Waals surface area (Å²) in [6.45, 7) is 19.4. The maximum Gasteiger partial charge on any atom is 0.490 e. The Bertz CT molecular complexity index is 387. The summed E-state index contributed by atoms with van der Waals surface area (Å²) in [6, 6.07) is 0.960. The van der Waals surface area contributed by atoms with Crippen molar-refractivity contribution in [3.05, 3.63) is 11.5 Å². The Balaban J connectivity index is 2.92. The van der Waals surface area contributed by atoms with Crippen LogP contribution < -0.4 is 0 Å². The Morgan fingerprint density at radius 1 is 1.14 bits per heavy atom. The molecule has 1 fully saturated rings. The molecular formula is C17H35BO3Si. The topological polar surface area (TPSA) is 27.7 Å². The van der Waals surface area contributed by atoms with Gasteiger partial charge in [0.25, 0.3) is 0 Å². The minimum absolute atomic E-state index is 0.237. The van der Waals surface area contributed by atoms with Crippen molar-refractivity contribution in [1.29, 1.82) is 0 Å². The maximum absolute atomic E-state index is 6.25. The van der Waals surface area contributed by atoms with E-state index in [1.165, 1.54) is 5.47 Å². The van der Waals surface area contributed by atoms with Crippen molar-refractivity contribution in [3.63, 3.8) is 0 Å². The molecule has 0 saturated carbocycles. The lowest BCUT2D eigenvalue weighted by atomic mass is 9.78. The number of allylic oxidation sites excluding steroid dienone is 2. The van der Waals surface area contributed by atoms with Crippen LogP contribution in [0.4, 0.5) is 0 Å². The van der Waals surface area contributed by atoms with Crippen LogP contribution >= 0.6 is 0 Å². The molecule has 0 radical (unpaired) electrons. The third-order valence-electron chi connectivity index (χ3n) is 4.44. The smallest absolute Gasteiger partial charge is 0.415 e. The van der Waals surface area contributed by atoms with Gasteiger partial charge in [-0.15, -0.1) is 0 Å². The maximum atomic E-state index is 6.25. The second kappa shape index (κ2) is 7.20. The summed E-state index contributed by atoms with van der Waals surface area (Å²) in [5.74, 6) is 0. The molecule has 128 valence electrons. The molecule has 0 aromatic heterocycles. The molecule has 0 atom stereocenters. The normalized spacial score (nSPS) is 21.7. The van der Waals surface area contributed by atoms with Crippen LogP contribution in [0.5, 0.6) is 0 Å². The Morgan fingerprint density at radius 3 is 2.05 bits per heavy atom. The van der Waals surface area contributed by atoms with Crippen LogP contribution in [-0.4, -0.2) is 32.7 Å². The van der Waals surface area contributed by atoms with E-state index < -0.39 is 8.32 Å². The summed E-state index contributed by atoms with van der Waals surface area (Å²) >= 11 is 0. The Labute approximate surface area is 139 Å². The average Bonchev–Trinajstić information content (AvgIpc) is 2.52. The first kappa shape index (κ1) is 19.9. The van der Waals surface area contributed by atoms with Crippen molar-refractivity contribution in [1.82, 2.24) is 0 Å². The predicted molar refractivity (Wildman–Crippen MR) is 97.6 cm³/mol. The number of hydrogen-bond donors (Lipinski definition) is 0. The molecule has 3 nitrogen and oxygen atoms in total. The standard InChI is InChI=1S/C17H35BO3Si/c1-10-11-12-15(13-22(8,9)19-14(2)3)18-20-16(4,5)17(6,7)21-18/h12,14H,10-11,13H2,1-9H3/b15-12-. The first-order chi connectivity index (χ1) is 9.90. The quantitative estimate of drug-likeness (QED) is 0.618. The largest absolute Gasteiger partial charge is 0.490 e. The lowest BCUT2D eigenvalue weighted by molar-refractivity contribution is 0.00578. The summed E-state index contributed by atoms with van der Waals surface area (Å²) in [6.07, 6.45) is 4.77. The van der Waals surface area contributed by atoms with E-state index in [1.807, 2.05) is 0 Å². The van der Waals surface area contributed by atoms with Gasteiger partial charge in [-0.3, -0.25) is 0 Å². The van der Waals surface area contributed by atoms with E-state index in [2.05, 4.69) is 67.6 Å². The molecule has 5 heteroatoms. The molecule has 0 N–H and O–H groups in total. The second-order valence-corrected chi connectivity index (χ2v) is 12.4. The van der Waals surface area contributed by atoms with E-state index >= 15 is 0 Å². The molecule has 1 aliphatic heterocycles. The molecule has 1 saturated heterocycles. The fourth-order valence-electron chi connectivity index (χ4n) is 2.75. The molecule has 0 aromatic rings. The molecular weight excluding hydrogens is 291 g/mol. The Kier molecular flexibility index (Phi) is 6.53. The number of unbranched alkanes of at least 4 members (excludes halogenated alkanes) is 1. The van der Waals surface area contributed by atoms with Crippen LogP contribution in [0.15, 0.2) is 11.5 Å². The van der Waals surface area contributed by atoms with Crippen LogP contribution in [0.25, 0.3) is 0 Å². The van der Waals surface area contributed by atoms with Crippen molar-refractivity contribution < 1.29 is 13.7 Å². The van der Waals surface area contributed by atoms with E-state index in [0.29, 0.717) is 0 Å². The highest BCUT2D eigenvalue weighted by Gasteiger charge is 2.52. The fraction of sp³-hybridized carbons (Fsp3) is 0.882. The van der Waals surface area contributed by atoms with E-state index in [0.717, 1.165) is 18.9 Å². The highest BCUT2D eigenvalue weighted by atomic mass is 28.4. The predicted octanol–water partition coefficient (Wildman–Crippen LogP) is 4.97. The van der Waals surface area contributed by atoms with Crippen LogP contribution in [0.1, 0.15) is 61.3 Å². The molecule has 1 aliphatic rings. The minimum Gasteiger partial charge on any atom is -0.415 e. The Hall–Kier alpha value is -0.0982. The zero-order valence-corrected chi connectivity index (χ0v) is 17.1. The van der Waals surface area contributed by atoms with Crippen molar-refractivity contribution >= 4 is 15.4 Å². The van der Waals surface area contributed by atoms with Crippen LogP contribution in [0, 0.1) is 0 Å². The van der Waals surface area contributed by atoms with Gasteiger partial charge in [-0.1, -0.05) is 19.4 Å². The van der Waals surface area contributed by atoms with Gasteiger partial charge in [0.15, 0.2) is 8.32 Å². The van der Waals surface area contributed by atoms with Crippen molar-refractivity contribution in [2.75, 3.05) is 0 Å². The summed E-state index contributed by atoms with van der Waals surface area (Å²) in [7, 11) is -2.00. The first-order valence-corrected chi connectivity index (χ1v) is 11.7. The zero-order valence-electron chi connectivity index (χ0n) is 16.1. The van der Waals surface area contributed by atoms with Gasteiger partial charge >= 0.3 is 7.12 Å². The fourth-order valence-corrected chi connectivity index (χ4v) is 5.40. The Morgan fingerprint density at radius 2 is 1.64 bits per heavy atom. The molecule has 0 amide bonds.